The molecular weight excluding hydrogens is 510 g/mol. The largest absolute Gasteiger partial charge is 0.481 e. The van der Waals surface area contributed by atoms with Crippen molar-refractivity contribution in [2.24, 2.45) is 0 Å². The van der Waals surface area contributed by atoms with Gasteiger partial charge in [-0.05, 0) is 49.4 Å². The Morgan fingerprint density at radius 3 is 2.37 bits per heavy atom. The first-order valence-corrected chi connectivity index (χ1v) is 13.6. The van der Waals surface area contributed by atoms with Crippen molar-refractivity contribution in [1.29, 1.82) is 0 Å². The highest BCUT2D eigenvalue weighted by Crippen LogP contribution is 2.28. The number of ether oxygens (including phenoxy) is 1. The Bertz CT molecular complexity index is 1550. The number of carbonyl (C=O) groups is 2. The summed E-state index contributed by atoms with van der Waals surface area (Å²) in [4.78, 5) is 28.5. The fourth-order valence-electron chi connectivity index (χ4n) is 3.58. The van der Waals surface area contributed by atoms with E-state index < -0.39 is 22.0 Å². The van der Waals surface area contributed by atoms with Crippen LogP contribution in [0.2, 0.25) is 0 Å². The summed E-state index contributed by atoms with van der Waals surface area (Å²) in [6, 6.07) is 13.1. The Morgan fingerprint density at radius 1 is 1.08 bits per heavy atom. The third-order valence-corrected chi connectivity index (χ3v) is 6.07. The van der Waals surface area contributed by atoms with E-state index in [9.17, 15) is 18.0 Å². The molecule has 0 radical (unpaired) electrons. The molecule has 0 aliphatic heterocycles. The van der Waals surface area contributed by atoms with Crippen molar-refractivity contribution in [3.63, 3.8) is 0 Å². The summed E-state index contributed by atoms with van der Waals surface area (Å²) in [6.45, 7) is 7.83. The average molecular weight is 540 g/mol. The number of nitrogens with zero attached hydrogens (tertiary/aromatic N) is 3. The van der Waals surface area contributed by atoms with Crippen LogP contribution in [-0.2, 0) is 25.0 Å². The van der Waals surface area contributed by atoms with Crippen LogP contribution in [0.1, 0.15) is 33.4 Å². The molecule has 4 aromatic rings. The summed E-state index contributed by atoms with van der Waals surface area (Å²) in [5.74, 6) is 0.363. The van der Waals surface area contributed by atoms with Gasteiger partial charge in [-0.2, -0.15) is 4.63 Å². The maximum absolute atomic E-state index is 12.9. The van der Waals surface area contributed by atoms with E-state index in [1.165, 1.54) is 12.1 Å². The van der Waals surface area contributed by atoms with E-state index in [-0.39, 0.29) is 5.41 Å². The van der Waals surface area contributed by atoms with Crippen LogP contribution in [-0.4, -0.2) is 52.9 Å². The zero-order valence-corrected chi connectivity index (χ0v) is 22.4. The molecule has 2 aromatic heterocycles. The Morgan fingerprint density at radius 2 is 1.76 bits per heavy atom. The maximum Gasteiger partial charge on any atom is 0.265 e. The van der Waals surface area contributed by atoms with E-state index in [4.69, 9.17) is 4.74 Å². The molecule has 0 saturated heterocycles. The van der Waals surface area contributed by atoms with Gasteiger partial charge in [0.1, 0.15) is 5.75 Å². The van der Waals surface area contributed by atoms with Gasteiger partial charge in [0, 0.05) is 39.8 Å². The van der Waals surface area contributed by atoms with Gasteiger partial charge in [0.05, 0.1) is 6.26 Å². The van der Waals surface area contributed by atoms with E-state index in [1.807, 2.05) is 6.07 Å². The van der Waals surface area contributed by atoms with Crippen molar-refractivity contribution < 1.29 is 22.7 Å². The maximum atomic E-state index is 12.9. The molecule has 2 amide bonds. The highest BCUT2D eigenvalue weighted by molar-refractivity contribution is 7.92. The van der Waals surface area contributed by atoms with Crippen LogP contribution in [0.25, 0.3) is 17.0 Å². The normalized spacial score (nSPS) is 12.7. The zero-order valence-electron chi connectivity index (χ0n) is 21.6. The third kappa shape index (κ3) is 6.48. The molecule has 0 spiro atoms. The molecule has 2 heterocycles. The molecule has 12 nitrogen and oxygen atoms in total. The van der Waals surface area contributed by atoms with E-state index in [0.29, 0.717) is 46.3 Å². The second-order valence-electron chi connectivity index (χ2n) is 9.83. The standard InChI is InChI=1S/C25H29N7O5S/c1-15(37-20-8-6-17(7-9-20)31-38(5,35)36)24(34)27-19-11-16(10-18(12-19)26-14-33)23-28-22-13-21(25(2,3)4)29-32(22)30-23/h6-15,29,31H,1-5H3,(H,26,33)(H,27,34). The van der Waals surface area contributed by atoms with Crippen molar-refractivity contribution >= 4 is 45.0 Å². The first-order valence-electron chi connectivity index (χ1n) is 11.7. The zero-order chi connectivity index (χ0) is 27.7. The second kappa shape index (κ2) is 10.2. The Kier molecular flexibility index (Phi) is 7.14. The first kappa shape index (κ1) is 26.7. The third-order valence-electron chi connectivity index (χ3n) is 5.46. The lowest BCUT2D eigenvalue weighted by atomic mass is 9.93. The minimum atomic E-state index is -3.40. The predicted molar refractivity (Wildman–Crippen MR) is 145 cm³/mol. The van der Waals surface area contributed by atoms with Crippen LogP contribution in [0.15, 0.2) is 48.5 Å². The lowest BCUT2D eigenvalue weighted by molar-refractivity contribution is -0.122. The number of aromatic amines is 1. The number of anilines is 3. The van der Waals surface area contributed by atoms with Gasteiger partial charge in [-0.1, -0.05) is 20.8 Å². The number of fused-ring (bicyclic) bond motifs is 1. The quantitative estimate of drug-likeness (QED) is 0.237. The fourth-order valence-corrected chi connectivity index (χ4v) is 4.14. The Hall–Kier alpha value is -4.39. The number of H-pyrrole nitrogens is 1. The van der Waals surface area contributed by atoms with Crippen molar-refractivity contribution in [3.8, 4) is 17.1 Å². The van der Waals surface area contributed by atoms with Crippen molar-refractivity contribution in [1.82, 2.24) is 19.8 Å². The first-order chi connectivity index (χ1) is 17.8. The molecule has 4 N–H and O–H groups in total. The van der Waals surface area contributed by atoms with Crippen molar-refractivity contribution in [2.45, 2.75) is 39.2 Å². The molecule has 0 aliphatic rings. The molecule has 4 rings (SSSR count). The van der Waals surface area contributed by atoms with Crippen LogP contribution < -0.4 is 20.1 Å². The van der Waals surface area contributed by atoms with Gasteiger partial charge < -0.3 is 15.4 Å². The molecule has 0 saturated carbocycles. The number of hydrogen-bond acceptors (Lipinski definition) is 7. The highest BCUT2D eigenvalue weighted by Gasteiger charge is 2.20. The Balaban J connectivity index is 1.51. The van der Waals surface area contributed by atoms with Crippen LogP contribution in [0.4, 0.5) is 17.1 Å². The van der Waals surface area contributed by atoms with Gasteiger partial charge in [0.2, 0.25) is 16.4 Å². The number of sulfonamides is 1. The van der Waals surface area contributed by atoms with Crippen LogP contribution in [0.3, 0.4) is 0 Å². The monoisotopic (exact) mass is 539 g/mol. The highest BCUT2D eigenvalue weighted by atomic mass is 32.2. The van der Waals surface area contributed by atoms with E-state index in [1.54, 1.807) is 41.9 Å². The number of aromatic nitrogens is 4. The predicted octanol–water partition coefficient (Wildman–Crippen LogP) is 3.37. The minimum absolute atomic E-state index is 0.0956. The average Bonchev–Trinajstić information content (AvgIpc) is 3.39. The number of nitrogens with one attached hydrogen (secondary N) is 4. The summed E-state index contributed by atoms with van der Waals surface area (Å²) >= 11 is 0. The second-order valence-corrected chi connectivity index (χ2v) is 11.6. The van der Waals surface area contributed by atoms with E-state index in [0.717, 1.165) is 11.9 Å². The van der Waals surface area contributed by atoms with Gasteiger partial charge in [-0.15, -0.1) is 5.10 Å². The van der Waals surface area contributed by atoms with Gasteiger partial charge >= 0.3 is 0 Å². The van der Waals surface area contributed by atoms with Crippen LogP contribution in [0, 0.1) is 0 Å². The summed E-state index contributed by atoms with van der Waals surface area (Å²) in [5, 5.41) is 13.1. The van der Waals surface area contributed by atoms with Crippen molar-refractivity contribution in [2.75, 3.05) is 21.6 Å². The van der Waals surface area contributed by atoms with Gasteiger partial charge in [-0.3, -0.25) is 19.4 Å². The van der Waals surface area contributed by atoms with E-state index in [2.05, 4.69) is 51.3 Å². The topological polar surface area (TPSA) is 160 Å². The minimum Gasteiger partial charge on any atom is -0.481 e. The number of rotatable bonds is 9. The molecule has 13 heteroatoms. The summed E-state index contributed by atoms with van der Waals surface area (Å²) < 4.78 is 32.4. The number of amides is 2. The van der Waals surface area contributed by atoms with Crippen LogP contribution >= 0.6 is 0 Å². The molecule has 2 aromatic carbocycles. The summed E-state index contributed by atoms with van der Waals surface area (Å²) in [7, 11) is -3.40. The van der Waals surface area contributed by atoms with Gasteiger partial charge in [0.15, 0.2) is 17.6 Å². The molecule has 0 aliphatic carbocycles. The van der Waals surface area contributed by atoms with Gasteiger partial charge in [0.25, 0.3) is 5.91 Å². The lowest BCUT2D eigenvalue weighted by Gasteiger charge is -2.16. The SMILES string of the molecule is CC(Oc1ccc(NS(C)(=O)=O)cc1)C(=O)Nc1cc(NC=O)cc(-c2nc3cc(C(C)(C)C)[nH]n3n2)c1. The molecule has 0 bridgehead atoms. The Labute approximate surface area is 219 Å². The summed E-state index contributed by atoms with van der Waals surface area (Å²) in [5.41, 5.74) is 3.36. The lowest BCUT2D eigenvalue weighted by Crippen LogP contribution is -2.30. The van der Waals surface area contributed by atoms with Crippen LogP contribution in [0.5, 0.6) is 5.75 Å². The van der Waals surface area contributed by atoms with E-state index >= 15 is 0 Å². The molecule has 38 heavy (non-hydrogen) atoms. The fraction of sp³-hybridized carbons (Fsp3) is 0.280. The molecule has 0 fully saturated rings. The van der Waals surface area contributed by atoms with Crippen molar-refractivity contribution in [3.05, 3.63) is 54.2 Å². The number of carbonyl (C=O) groups excluding carboxylic acids is 2. The summed E-state index contributed by atoms with van der Waals surface area (Å²) in [6.07, 6.45) is 0.718. The molecule has 1 atom stereocenters. The number of benzene rings is 2. The molecule has 200 valence electrons. The molecular formula is C25H29N7O5S. The molecule has 1 unspecified atom stereocenters. The smallest absolute Gasteiger partial charge is 0.265 e. The number of hydrogen-bond donors (Lipinski definition) is 4. The van der Waals surface area contributed by atoms with Gasteiger partial charge in [-0.25, -0.2) is 13.4 Å².